The average Bonchev–Trinajstić information content (AvgIpc) is 2.80. The predicted octanol–water partition coefficient (Wildman–Crippen LogP) is 3.14. The van der Waals surface area contributed by atoms with E-state index in [0.717, 1.165) is 16.8 Å². The highest BCUT2D eigenvalue weighted by atomic mass is 35.5. The molecule has 6 nitrogen and oxygen atoms in total. The predicted molar refractivity (Wildman–Crippen MR) is 89.7 cm³/mol. The van der Waals surface area contributed by atoms with Crippen molar-refractivity contribution < 1.29 is 0 Å². The molecule has 0 bridgehead atoms. The molecule has 22 heavy (non-hydrogen) atoms. The minimum atomic E-state index is -0.115. The van der Waals surface area contributed by atoms with Crippen LogP contribution in [0.1, 0.15) is 26.6 Å². The lowest BCUT2D eigenvalue weighted by molar-refractivity contribution is 0.553. The van der Waals surface area contributed by atoms with Crippen LogP contribution in [0.15, 0.2) is 18.2 Å². The molecule has 3 rings (SSSR count). The van der Waals surface area contributed by atoms with Crippen molar-refractivity contribution >= 4 is 34.3 Å². The van der Waals surface area contributed by atoms with E-state index in [-0.39, 0.29) is 11.4 Å². The van der Waals surface area contributed by atoms with Crippen LogP contribution in [0.3, 0.4) is 0 Å². The Morgan fingerprint density at radius 2 is 1.82 bits per heavy atom. The number of anilines is 2. The summed E-state index contributed by atoms with van der Waals surface area (Å²) in [6, 6.07) is 5.60. The van der Waals surface area contributed by atoms with E-state index in [9.17, 15) is 0 Å². The van der Waals surface area contributed by atoms with Gasteiger partial charge in [-0.1, -0.05) is 38.4 Å². The molecule has 3 aromatic rings. The second-order valence-corrected chi connectivity index (χ2v) is 6.57. The Bertz CT molecular complexity index is 862. The first-order chi connectivity index (χ1) is 10.3. The van der Waals surface area contributed by atoms with E-state index in [0.29, 0.717) is 22.2 Å². The summed E-state index contributed by atoms with van der Waals surface area (Å²) >= 11 is 6.30. The first kappa shape index (κ1) is 14.6. The van der Waals surface area contributed by atoms with Gasteiger partial charge in [-0.15, -0.1) is 0 Å². The second-order valence-electron chi connectivity index (χ2n) is 6.20. The number of halogens is 1. The highest BCUT2D eigenvalue weighted by Crippen LogP contribution is 2.32. The lowest BCUT2D eigenvalue weighted by Gasteiger charge is -2.13. The zero-order chi connectivity index (χ0) is 16.1. The molecule has 0 aliphatic carbocycles. The molecule has 7 heteroatoms. The molecule has 1 aromatic carbocycles. The topological polar surface area (TPSA) is 106 Å². The Hall–Kier alpha value is -2.34. The van der Waals surface area contributed by atoms with Crippen molar-refractivity contribution in [3.05, 3.63) is 29.2 Å². The quantitative estimate of drug-likeness (QED) is 0.639. The number of H-pyrrole nitrogens is 1. The first-order valence-electron chi connectivity index (χ1n) is 6.85. The molecule has 2 aromatic heterocycles. The largest absolute Gasteiger partial charge is 0.383 e. The first-order valence-corrected chi connectivity index (χ1v) is 7.22. The molecule has 0 atom stereocenters. The van der Waals surface area contributed by atoms with E-state index in [1.165, 1.54) is 0 Å². The van der Waals surface area contributed by atoms with Gasteiger partial charge in [0.1, 0.15) is 22.5 Å². The summed E-state index contributed by atoms with van der Waals surface area (Å²) in [7, 11) is 0. The van der Waals surface area contributed by atoms with Gasteiger partial charge in [-0.25, -0.2) is 9.97 Å². The van der Waals surface area contributed by atoms with Crippen molar-refractivity contribution in [3.8, 4) is 11.3 Å². The Kier molecular flexibility index (Phi) is 3.21. The van der Waals surface area contributed by atoms with Crippen LogP contribution in [0, 0.1) is 0 Å². The van der Waals surface area contributed by atoms with Gasteiger partial charge in [0.05, 0.1) is 5.52 Å². The van der Waals surface area contributed by atoms with Crippen molar-refractivity contribution in [1.29, 1.82) is 0 Å². The highest BCUT2D eigenvalue weighted by molar-refractivity contribution is 6.32. The van der Waals surface area contributed by atoms with Crippen molar-refractivity contribution in [2.75, 3.05) is 11.5 Å². The molecule has 0 spiro atoms. The molecule has 0 fully saturated rings. The number of hydrogen-bond donors (Lipinski definition) is 3. The highest BCUT2D eigenvalue weighted by Gasteiger charge is 2.21. The van der Waals surface area contributed by atoms with Crippen LogP contribution in [0.5, 0.6) is 0 Å². The minimum absolute atomic E-state index is 0.115. The maximum Gasteiger partial charge on any atom is 0.222 e. The van der Waals surface area contributed by atoms with Gasteiger partial charge in [0.25, 0.3) is 0 Å². The summed E-state index contributed by atoms with van der Waals surface area (Å²) in [5, 5.41) is 1.25. The van der Waals surface area contributed by atoms with Crippen LogP contribution >= 0.6 is 11.6 Å². The molecule has 0 unspecified atom stereocenters. The normalized spacial score (nSPS) is 12.0. The van der Waals surface area contributed by atoms with Crippen LogP contribution in [0.25, 0.3) is 22.2 Å². The fourth-order valence-electron chi connectivity index (χ4n) is 2.22. The molecule has 0 aliphatic rings. The van der Waals surface area contributed by atoms with Gasteiger partial charge in [-0.05, 0) is 12.1 Å². The molecule has 5 N–H and O–H groups in total. The van der Waals surface area contributed by atoms with E-state index in [4.69, 9.17) is 23.1 Å². The number of nitrogen functional groups attached to an aromatic ring is 2. The molecule has 0 radical (unpaired) electrons. The van der Waals surface area contributed by atoms with Gasteiger partial charge in [0, 0.05) is 16.4 Å². The van der Waals surface area contributed by atoms with E-state index >= 15 is 0 Å². The molecule has 0 amide bonds. The van der Waals surface area contributed by atoms with Gasteiger partial charge in [0.2, 0.25) is 5.95 Å². The molecular weight excluding hydrogens is 300 g/mol. The smallest absolute Gasteiger partial charge is 0.222 e. The summed E-state index contributed by atoms with van der Waals surface area (Å²) < 4.78 is 0. The SMILES string of the molecule is CC(C)(C)c1nc(-c2ccc3c(N)nc(N)nc3c2)c(Cl)[nH]1. The van der Waals surface area contributed by atoms with Gasteiger partial charge < -0.3 is 16.5 Å². The molecule has 0 aliphatic heterocycles. The van der Waals surface area contributed by atoms with E-state index in [1.54, 1.807) is 0 Å². The lowest BCUT2D eigenvalue weighted by atomic mass is 9.96. The Labute approximate surface area is 132 Å². The van der Waals surface area contributed by atoms with Crippen molar-refractivity contribution in [3.63, 3.8) is 0 Å². The average molecular weight is 317 g/mol. The summed E-state index contributed by atoms with van der Waals surface area (Å²) in [4.78, 5) is 15.9. The van der Waals surface area contributed by atoms with E-state index < -0.39 is 0 Å². The third kappa shape index (κ3) is 2.46. The zero-order valence-corrected chi connectivity index (χ0v) is 13.4. The number of imidazole rings is 1. The van der Waals surface area contributed by atoms with Crippen LogP contribution < -0.4 is 11.5 Å². The number of benzene rings is 1. The third-order valence-corrected chi connectivity index (χ3v) is 3.66. The molecule has 114 valence electrons. The minimum Gasteiger partial charge on any atom is -0.383 e. The standard InChI is InChI=1S/C15H17ClN6/c1-15(2,3)13-20-10(11(16)21-13)7-4-5-8-9(6-7)19-14(18)22-12(8)17/h4-6H,1-3H3,(H,20,21)(H4,17,18,19,22). The summed E-state index contributed by atoms with van der Waals surface area (Å²) in [6.45, 7) is 6.21. The van der Waals surface area contributed by atoms with Gasteiger partial charge in [-0.2, -0.15) is 4.98 Å². The monoisotopic (exact) mass is 316 g/mol. The van der Waals surface area contributed by atoms with Crippen LogP contribution in [0.2, 0.25) is 5.15 Å². The Balaban J connectivity index is 2.17. The molecule has 0 saturated heterocycles. The number of aromatic nitrogens is 4. The number of nitrogens with zero attached hydrogens (tertiary/aromatic N) is 3. The number of rotatable bonds is 1. The fraction of sp³-hybridized carbons (Fsp3) is 0.267. The number of nitrogens with two attached hydrogens (primary N) is 2. The Morgan fingerprint density at radius 1 is 1.09 bits per heavy atom. The molecule has 0 saturated carbocycles. The summed E-state index contributed by atoms with van der Waals surface area (Å²) in [5.41, 5.74) is 13.6. The van der Waals surface area contributed by atoms with E-state index in [1.807, 2.05) is 18.2 Å². The van der Waals surface area contributed by atoms with Crippen LogP contribution in [0.4, 0.5) is 11.8 Å². The maximum atomic E-state index is 6.30. The van der Waals surface area contributed by atoms with Crippen molar-refractivity contribution in [2.45, 2.75) is 26.2 Å². The summed E-state index contributed by atoms with van der Waals surface area (Å²) in [5.74, 6) is 1.33. The van der Waals surface area contributed by atoms with Gasteiger partial charge in [0.15, 0.2) is 0 Å². The number of fused-ring (bicyclic) bond motifs is 1. The van der Waals surface area contributed by atoms with Gasteiger partial charge >= 0.3 is 0 Å². The van der Waals surface area contributed by atoms with E-state index in [2.05, 4.69) is 40.7 Å². The van der Waals surface area contributed by atoms with Crippen LogP contribution in [-0.4, -0.2) is 19.9 Å². The van der Waals surface area contributed by atoms with Crippen molar-refractivity contribution in [1.82, 2.24) is 19.9 Å². The van der Waals surface area contributed by atoms with Crippen LogP contribution in [-0.2, 0) is 5.41 Å². The van der Waals surface area contributed by atoms with Crippen molar-refractivity contribution in [2.24, 2.45) is 0 Å². The maximum absolute atomic E-state index is 6.30. The fourth-order valence-corrected chi connectivity index (χ4v) is 2.46. The number of nitrogens with one attached hydrogen (secondary N) is 1. The third-order valence-electron chi connectivity index (χ3n) is 3.39. The summed E-state index contributed by atoms with van der Waals surface area (Å²) in [6.07, 6.45) is 0. The Morgan fingerprint density at radius 3 is 2.45 bits per heavy atom. The molecular formula is C15H17ClN6. The zero-order valence-electron chi connectivity index (χ0n) is 12.6. The lowest BCUT2D eigenvalue weighted by Crippen LogP contribution is -2.13. The molecule has 2 heterocycles. The second kappa shape index (κ2) is 4.84. The number of hydrogen-bond acceptors (Lipinski definition) is 5. The van der Waals surface area contributed by atoms with Gasteiger partial charge in [-0.3, -0.25) is 0 Å². The number of aromatic amines is 1.